The predicted molar refractivity (Wildman–Crippen MR) is 88.0 cm³/mol. The molecule has 0 amide bonds. The molecule has 5 heteroatoms. The number of benzene rings is 2. The van der Waals surface area contributed by atoms with Crippen LogP contribution in [-0.4, -0.2) is 11.2 Å². The Morgan fingerprint density at radius 3 is 1.96 bits per heavy atom. The number of rotatable bonds is 2. The van der Waals surface area contributed by atoms with E-state index in [-0.39, 0.29) is 28.6 Å². The Morgan fingerprint density at radius 1 is 0.833 bits per heavy atom. The standard InChI is InChI=1S/C13H11NO2.C6H7N.Cu/c15-12-7-3-1-5-10(12)9-14-11-6-2-4-8-13(11)16;1-6-2-4-7-5-3-6;/h1-9,15-16H;2-5H,1H3;/q;;+2/p-2. The van der Waals surface area contributed by atoms with Crippen LogP contribution in [0.4, 0.5) is 5.69 Å². The van der Waals surface area contributed by atoms with Crippen LogP contribution in [0.15, 0.2) is 78.0 Å². The van der Waals surface area contributed by atoms with Gasteiger partial charge in [0.15, 0.2) is 0 Å². The van der Waals surface area contributed by atoms with Crippen LogP contribution < -0.4 is 10.2 Å². The van der Waals surface area contributed by atoms with Crippen molar-refractivity contribution in [1.82, 2.24) is 4.98 Å². The zero-order chi connectivity index (χ0) is 16.5. The van der Waals surface area contributed by atoms with Crippen LogP contribution in [-0.2, 0) is 17.1 Å². The van der Waals surface area contributed by atoms with Gasteiger partial charge in [0.05, 0.1) is 5.69 Å². The van der Waals surface area contributed by atoms with Crippen molar-refractivity contribution >= 4 is 11.9 Å². The van der Waals surface area contributed by atoms with Crippen molar-refractivity contribution in [3.05, 3.63) is 84.2 Å². The van der Waals surface area contributed by atoms with E-state index >= 15 is 0 Å². The zero-order valence-electron chi connectivity index (χ0n) is 13.0. The van der Waals surface area contributed by atoms with E-state index in [1.165, 1.54) is 23.9 Å². The van der Waals surface area contributed by atoms with Crippen LogP contribution in [0, 0.1) is 6.92 Å². The summed E-state index contributed by atoms with van der Waals surface area (Å²) in [6, 6.07) is 16.9. The van der Waals surface area contributed by atoms with Gasteiger partial charge in [-0.25, -0.2) is 0 Å². The van der Waals surface area contributed by atoms with Crippen molar-refractivity contribution in [2.24, 2.45) is 4.99 Å². The summed E-state index contributed by atoms with van der Waals surface area (Å²) < 4.78 is 0. The second kappa shape index (κ2) is 10.2. The Bertz CT molecular complexity index is 730. The van der Waals surface area contributed by atoms with Crippen molar-refractivity contribution in [1.29, 1.82) is 0 Å². The Balaban J connectivity index is 0.000000304. The van der Waals surface area contributed by atoms with Gasteiger partial charge in [-0.1, -0.05) is 48.2 Å². The van der Waals surface area contributed by atoms with E-state index < -0.39 is 0 Å². The fraction of sp³-hybridized carbons (Fsp3) is 0.0526. The summed E-state index contributed by atoms with van der Waals surface area (Å²) in [6.45, 7) is 2.04. The minimum Gasteiger partial charge on any atom is -0.872 e. The fourth-order valence-corrected chi connectivity index (χ4v) is 1.72. The van der Waals surface area contributed by atoms with Gasteiger partial charge < -0.3 is 10.2 Å². The molecule has 0 atom stereocenters. The van der Waals surface area contributed by atoms with Crippen LogP contribution in [0.2, 0.25) is 0 Å². The van der Waals surface area contributed by atoms with E-state index in [4.69, 9.17) is 0 Å². The normalized spacial score (nSPS) is 9.71. The summed E-state index contributed by atoms with van der Waals surface area (Å²) in [7, 11) is 0. The van der Waals surface area contributed by atoms with Crippen LogP contribution in [0.25, 0.3) is 0 Å². The summed E-state index contributed by atoms with van der Waals surface area (Å²) >= 11 is 0. The van der Waals surface area contributed by atoms with Crippen molar-refractivity contribution in [2.75, 3.05) is 0 Å². The smallest absolute Gasteiger partial charge is 0.872 e. The Labute approximate surface area is 152 Å². The fourth-order valence-electron chi connectivity index (χ4n) is 1.72. The molecule has 0 unspecified atom stereocenters. The third kappa shape index (κ3) is 6.24. The number of aryl methyl sites for hydroxylation is 1. The minimum absolute atomic E-state index is 0. The molecule has 0 fully saturated rings. The number of hydrogen-bond donors (Lipinski definition) is 0. The van der Waals surface area contributed by atoms with Gasteiger partial charge in [-0.2, -0.15) is 0 Å². The van der Waals surface area contributed by atoms with Gasteiger partial charge in [0.1, 0.15) is 0 Å². The molecule has 1 radical (unpaired) electrons. The molecule has 1 heterocycles. The van der Waals surface area contributed by atoms with Gasteiger partial charge in [-0.05, 0) is 36.2 Å². The second-order valence-electron chi connectivity index (χ2n) is 4.79. The first-order valence-corrected chi connectivity index (χ1v) is 7.09. The Morgan fingerprint density at radius 2 is 1.42 bits per heavy atom. The van der Waals surface area contributed by atoms with E-state index in [9.17, 15) is 10.2 Å². The molecule has 3 rings (SSSR count). The molecule has 4 nitrogen and oxygen atoms in total. The summed E-state index contributed by atoms with van der Waals surface area (Å²) in [4.78, 5) is 7.84. The molecule has 1 aromatic heterocycles. The Kier molecular flexibility index (Phi) is 8.26. The quantitative estimate of drug-likeness (QED) is 0.516. The monoisotopic (exact) mass is 367 g/mol. The molecule has 125 valence electrons. The maximum Gasteiger partial charge on any atom is 2.00 e. The average Bonchev–Trinajstić information content (AvgIpc) is 2.57. The van der Waals surface area contributed by atoms with Crippen molar-refractivity contribution in [3.8, 4) is 11.5 Å². The average molecular weight is 368 g/mol. The molecule has 3 aromatic rings. The van der Waals surface area contributed by atoms with E-state index in [1.807, 2.05) is 19.1 Å². The molecule has 2 aromatic carbocycles. The number of pyridine rings is 1. The molecular formula is C19H16CuN2O2. The van der Waals surface area contributed by atoms with Crippen molar-refractivity contribution < 1.29 is 27.3 Å². The number of hydrogen-bond acceptors (Lipinski definition) is 4. The summed E-state index contributed by atoms with van der Waals surface area (Å²) in [6.07, 6.45) is 4.99. The molecule has 24 heavy (non-hydrogen) atoms. The molecule has 0 aliphatic rings. The summed E-state index contributed by atoms with van der Waals surface area (Å²) in [5.74, 6) is -0.253. The van der Waals surface area contributed by atoms with E-state index in [2.05, 4.69) is 9.98 Å². The maximum absolute atomic E-state index is 11.4. The van der Waals surface area contributed by atoms with Gasteiger partial charge in [-0.15, -0.1) is 5.75 Å². The SMILES string of the molecule is Cc1ccncc1.[Cu+2].[O-]c1ccccc1C=Nc1ccccc1[O-]. The first kappa shape index (κ1) is 19.4. The van der Waals surface area contributed by atoms with Crippen molar-refractivity contribution in [2.45, 2.75) is 6.92 Å². The topological polar surface area (TPSA) is 71.4 Å². The summed E-state index contributed by atoms with van der Waals surface area (Å²) in [5.41, 5.74) is 2.08. The molecule has 0 spiro atoms. The second-order valence-corrected chi connectivity index (χ2v) is 4.79. The predicted octanol–water partition coefficient (Wildman–Crippen LogP) is 2.97. The first-order valence-electron chi connectivity index (χ1n) is 7.09. The molecule has 0 bridgehead atoms. The third-order valence-corrected chi connectivity index (χ3v) is 2.97. The van der Waals surface area contributed by atoms with Crippen LogP contribution in [0.3, 0.4) is 0 Å². The van der Waals surface area contributed by atoms with Crippen molar-refractivity contribution in [3.63, 3.8) is 0 Å². The van der Waals surface area contributed by atoms with Crippen LogP contribution >= 0.6 is 0 Å². The minimum atomic E-state index is -0.151. The summed E-state index contributed by atoms with van der Waals surface area (Å²) in [5, 5.41) is 22.7. The number of aromatic nitrogens is 1. The number of aliphatic imine (C=N–C) groups is 1. The third-order valence-electron chi connectivity index (χ3n) is 2.97. The van der Waals surface area contributed by atoms with Crippen LogP contribution in [0.1, 0.15) is 11.1 Å². The van der Waals surface area contributed by atoms with Crippen LogP contribution in [0.5, 0.6) is 11.5 Å². The van der Waals surface area contributed by atoms with Gasteiger partial charge >= 0.3 is 17.1 Å². The van der Waals surface area contributed by atoms with Gasteiger partial charge in [-0.3, -0.25) is 9.98 Å². The van der Waals surface area contributed by atoms with Gasteiger partial charge in [0.25, 0.3) is 0 Å². The zero-order valence-corrected chi connectivity index (χ0v) is 14.0. The molecule has 0 aliphatic carbocycles. The first-order chi connectivity index (χ1) is 11.2. The molecule has 0 aliphatic heterocycles. The molecular weight excluding hydrogens is 352 g/mol. The molecule has 0 N–H and O–H groups in total. The number of nitrogens with zero attached hydrogens (tertiary/aromatic N) is 2. The molecule has 0 saturated carbocycles. The van der Waals surface area contributed by atoms with E-state index in [0.29, 0.717) is 11.3 Å². The number of para-hydroxylation sites is 3. The molecule has 0 saturated heterocycles. The Hall–Kier alpha value is -2.62. The largest absolute Gasteiger partial charge is 2.00 e. The van der Waals surface area contributed by atoms with E-state index in [1.54, 1.807) is 48.8 Å². The van der Waals surface area contributed by atoms with Gasteiger partial charge in [0, 0.05) is 18.6 Å². The van der Waals surface area contributed by atoms with Gasteiger partial charge in [0.2, 0.25) is 0 Å². The van der Waals surface area contributed by atoms with E-state index in [0.717, 1.165) is 0 Å². The maximum atomic E-state index is 11.4.